The minimum absolute atomic E-state index is 0.487. The zero-order valence-electron chi connectivity index (χ0n) is 11.1. The van der Waals surface area contributed by atoms with Gasteiger partial charge in [-0.25, -0.2) is 0 Å². The van der Waals surface area contributed by atoms with Crippen molar-refractivity contribution in [1.29, 1.82) is 0 Å². The number of thiophene rings is 1. The lowest BCUT2D eigenvalue weighted by Crippen LogP contribution is -2.21. The van der Waals surface area contributed by atoms with E-state index < -0.39 is 6.10 Å². The third-order valence-electron chi connectivity index (χ3n) is 3.10. The number of nitrogens with zero attached hydrogens (tertiary/aromatic N) is 1. The SMILES string of the molecule is CCN(Cc1cccs1)c1ccc([C@@H](C)O)cc1Cl. The normalized spacial score (nSPS) is 12.4. The van der Waals surface area contributed by atoms with E-state index in [0.717, 1.165) is 24.3 Å². The smallest absolute Gasteiger partial charge is 0.0762 e. The van der Waals surface area contributed by atoms with Gasteiger partial charge in [-0.1, -0.05) is 23.7 Å². The first-order valence-corrected chi connectivity index (χ1v) is 7.62. The van der Waals surface area contributed by atoms with Gasteiger partial charge in [-0.3, -0.25) is 0 Å². The van der Waals surface area contributed by atoms with Crippen molar-refractivity contribution in [2.75, 3.05) is 11.4 Å². The number of hydrogen-bond donors (Lipinski definition) is 1. The molecule has 0 radical (unpaired) electrons. The maximum Gasteiger partial charge on any atom is 0.0762 e. The summed E-state index contributed by atoms with van der Waals surface area (Å²) in [6.45, 7) is 5.62. The van der Waals surface area contributed by atoms with Crippen molar-refractivity contribution in [3.8, 4) is 0 Å². The molecule has 0 spiro atoms. The molecule has 0 amide bonds. The molecule has 1 heterocycles. The summed E-state index contributed by atoms with van der Waals surface area (Å²) in [4.78, 5) is 3.55. The molecular weight excluding hydrogens is 278 g/mol. The lowest BCUT2D eigenvalue weighted by atomic mass is 10.1. The second-order valence-electron chi connectivity index (χ2n) is 4.48. The number of anilines is 1. The molecule has 102 valence electrons. The molecule has 0 bridgehead atoms. The molecule has 0 saturated carbocycles. The molecule has 0 aliphatic heterocycles. The van der Waals surface area contributed by atoms with Gasteiger partial charge in [-0.05, 0) is 43.0 Å². The minimum Gasteiger partial charge on any atom is -0.389 e. The van der Waals surface area contributed by atoms with Crippen molar-refractivity contribution < 1.29 is 5.11 Å². The molecule has 1 N–H and O–H groups in total. The summed E-state index contributed by atoms with van der Waals surface area (Å²) >= 11 is 8.09. The van der Waals surface area contributed by atoms with Crippen LogP contribution in [0.2, 0.25) is 5.02 Å². The van der Waals surface area contributed by atoms with Crippen molar-refractivity contribution in [3.63, 3.8) is 0 Å². The Morgan fingerprint density at radius 3 is 2.68 bits per heavy atom. The van der Waals surface area contributed by atoms with Crippen molar-refractivity contribution >= 4 is 28.6 Å². The molecule has 2 aromatic rings. The maximum atomic E-state index is 9.57. The summed E-state index contributed by atoms with van der Waals surface area (Å²) in [7, 11) is 0. The van der Waals surface area contributed by atoms with Gasteiger partial charge < -0.3 is 10.0 Å². The summed E-state index contributed by atoms with van der Waals surface area (Å²) in [5.74, 6) is 0. The highest BCUT2D eigenvalue weighted by Crippen LogP contribution is 2.30. The van der Waals surface area contributed by atoms with Gasteiger partial charge in [0.2, 0.25) is 0 Å². The lowest BCUT2D eigenvalue weighted by molar-refractivity contribution is 0.199. The number of hydrogen-bond acceptors (Lipinski definition) is 3. The van der Waals surface area contributed by atoms with Crippen molar-refractivity contribution in [3.05, 3.63) is 51.2 Å². The van der Waals surface area contributed by atoms with Gasteiger partial charge in [0.25, 0.3) is 0 Å². The van der Waals surface area contributed by atoms with Crippen LogP contribution in [-0.4, -0.2) is 11.7 Å². The van der Waals surface area contributed by atoms with E-state index in [2.05, 4.69) is 29.3 Å². The minimum atomic E-state index is -0.487. The van der Waals surface area contributed by atoms with Gasteiger partial charge in [-0.15, -0.1) is 11.3 Å². The van der Waals surface area contributed by atoms with E-state index in [9.17, 15) is 5.11 Å². The molecule has 0 fully saturated rings. The fraction of sp³-hybridized carbons (Fsp3) is 0.333. The predicted molar refractivity (Wildman–Crippen MR) is 83.1 cm³/mol. The summed E-state index contributed by atoms with van der Waals surface area (Å²) < 4.78 is 0. The average molecular weight is 296 g/mol. The Labute approximate surface area is 123 Å². The highest BCUT2D eigenvalue weighted by Gasteiger charge is 2.12. The molecule has 19 heavy (non-hydrogen) atoms. The van der Waals surface area contributed by atoms with Gasteiger partial charge >= 0.3 is 0 Å². The summed E-state index contributed by atoms with van der Waals surface area (Å²) in [5.41, 5.74) is 1.86. The average Bonchev–Trinajstić information content (AvgIpc) is 2.89. The highest BCUT2D eigenvalue weighted by atomic mass is 35.5. The quantitative estimate of drug-likeness (QED) is 0.879. The largest absolute Gasteiger partial charge is 0.389 e. The van der Waals surface area contributed by atoms with E-state index in [0.29, 0.717) is 5.02 Å². The molecule has 1 aromatic carbocycles. The second-order valence-corrected chi connectivity index (χ2v) is 5.92. The maximum absolute atomic E-state index is 9.57. The van der Waals surface area contributed by atoms with E-state index in [1.165, 1.54) is 4.88 Å². The van der Waals surface area contributed by atoms with Crippen LogP contribution in [0.5, 0.6) is 0 Å². The standard InChI is InChI=1S/C15H18ClNOS/c1-3-17(10-13-5-4-8-19-13)15-7-6-12(11(2)18)9-14(15)16/h4-9,11,18H,3,10H2,1-2H3/t11-/m1/s1. The van der Waals surface area contributed by atoms with Crippen LogP contribution in [0.4, 0.5) is 5.69 Å². The molecule has 0 unspecified atom stereocenters. The van der Waals surface area contributed by atoms with Crippen LogP contribution in [0, 0.1) is 0 Å². The number of aliphatic hydroxyl groups is 1. The van der Waals surface area contributed by atoms with Crippen LogP contribution in [0.15, 0.2) is 35.7 Å². The summed E-state index contributed by atoms with van der Waals surface area (Å²) in [6, 6.07) is 9.96. The zero-order valence-corrected chi connectivity index (χ0v) is 12.7. The van der Waals surface area contributed by atoms with E-state index in [1.54, 1.807) is 18.3 Å². The van der Waals surface area contributed by atoms with E-state index in [1.807, 2.05) is 18.2 Å². The molecule has 2 rings (SSSR count). The molecule has 4 heteroatoms. The van der Waals surface area contributed by atoms with E-state index >= 15 is 0 Å². The van der Waals surface area contributed by atoms with Crippen molar-refractivity contribution in [2.45, 2.75) is 26.5 Å². The van der Waals surface area contributed by atoms with Gasteiger partial charge in [0, 0.05) is 11.4 Å². The molecule has 0 saturated heterocycles. The van der Waals surface area contributed by atoms with Gasteiger partial charge in [0.1, 0.15) is 0 Å². The monoisotopic (exact) mass is 295 g/mol. The first kappa shape index (κ1) is 14.4. The molecular formula is C15H18ClNOS. The Balaban J connectivity index is 2.23. The number of benzene rings is 1. The summed E-state index contributed by atoms with van der Waals surface area (Å²) in [5, 5.41) is 12.3. The van der Waals surface area contributed by atoms with Crippen LogP contribution in [0.25, 0.3) is 0 Å². The van der Waals surface area contributed by atoms with Gasteiger partial charge in [0.15, 0.2) is 0 Å². The first-order valence-electron chi connectivity index (χ1n) is 6.36. The van der Waals surface area contributed by atoms with Crippen LogP contribution < -0.4 is 4.90 Å². The highest BCUT2D eigenvalue weighted by molar-refractivity contribution is 7.09. The van der Waals surface area contributed by atoms with Gasteiger partial charge in [-0.2, -0.15) is 0 Å². The Morgan fingerprint density at radius 1 is 1.37 bits per heavy atom. The van der Waals surface area contributed by atoms with Crippen molar-refractivity contribution in [1.82, 2.24) is 0 Å². The van der Waals surface area contributed by atoms with Crippen LogP contribution in [0.3, 0.4) is 0 Å². The Hall–Kier alpha value is -1.03. The van der Waals surface area contributed by atoms with Crippen LogP contribution in [-0.2, 0) is 6.54 Å². The third-order valence-corrected chi connectivity index (χ3v) is 4.27. The Kier molecular flexibility index (Phi) is 4.86. The Morgan fingerprint density at radius 2 is 2.16 bits per heavy atom. The number of halogens is 1. The Bertz CT molecular complexity index is 525. The first-order chi connectivity index (χ1) is 9.11. The zero-order chi connectivity index (χ0) is 13.8. The summed E-state index contributed by atoms with van der Waals surface area (Å²) in [6.07, 6.45) is -0.487. The molecule has 0 aliphatic rings. The fourth-order valence-electron chi connectivity index (χ4n) is 2.00. The molecule has 1 aromatic heterocycles. The van der Waals surface area contributed by atoms with E-state index in [-0.39, 0.29) is 0 Å². The molecule has 1 atom stereocenters. The third kappa shape index (κ3) is 3.50. The lowest BCUT2D eigenvalue weighted by Gasteiger charge is -2.24. The van der Waals surface area contributed by atoms with E-state index in [4.69, 9.17) is 11.6 Å². The molecule has 2 nitrogen and oxygen atoms in total. The van der Waals surface area contributed by atoms with Crippen LogP contribution in [0.1, 0.15) is 30.4 Å². The van der Waals surface area contributed by atoms with Crippen LogP contribution >= 0.6 is 22.9 Å². The number of rotatable bonds is 5. The molecule has 0 aliphatic carbocycles. The predicted octanol–water partition coefficient (Wildman–Crippen LogP) is 4.48. The fourth-order valence-corrected chi connectivity index (χ4v) is 3.03. The second kappa shape index (κ2) is 6.42. The van der Waals surface area contributed by atoms with Crippen molar-refractivity contribution in [2.24, 2.45) is 0 Å². The van der Waals surface area contributed by atoms with Gasteiger partial charge in [0.05, 0.1) is 23.4 Å². The number of aliphatic hydroxyl groups excluding tert-OH is 1. The topological polar surface area (TPSA) is 23.5 Å².